The third kappa shape index (κ3) is 9.72. The first kappa shape index (κ1) is 39.3. The van der Waals surface area contributed by atoms with Crippen LogP contribution in [-0.4, -0.2) is 96.0 Å². The molecule has 4 aromatic rings. The predicted octanol–water partition coefficient (Wildman–Crippen LogP) is 5.50. The number of carbonyl (C=O) groups excluding carboxylic acids is 2. The number of rotatable bonds is 15. The van der Waals surface area contributed by atoms with Gasteiger partial charge in [-0.2, -0.15) is 0 Å². The van der Waals surface area contributed by atoms with Crippen molar-refractivity contribution in [1.82, 2.24) is 25.4 Å². The zero-order valence-electron chi connectivity index (χ0n) is 32.2. The summed E-state index contributed by atoms with van der Waals surface area (Å²) in [5.41, 5.74) is 2.50. The molecule has 1 aliphatic carbocycles. The Morgan fingerprint density at radius 3 is 2.46 bits per heavy atom. The van der Waals surface area contributed by atoms with Crippen LogP contribution in [0.15, 0.2) is 83.7 Å². The van der Waals surface area contributed by atoms with Crippen molar-refractivity contribution in [2.75, 3.05) is 52.9 Å². The first-order valence-corrected chi connectivity index (χ1v) is 20.2. The van der Waals surface area contributed by atoms with Crippen molar-refractivity contribution >= 4 is 22.9 Å². The lowest BCUT2D eigenvalue weighted by molar-refractivity contribution is -0.135. The topological polar surface area (TPSA) is 156 Å². The van der Waals surface area contributed by atoms with E-state index in [1.54, 1.807) is 12.1 Å². The van der Waals surface area contributed by atoms with E-state index >= 15 is 0 Å². The van der Waals surface area contributed by atoms with Crippen LogP contribution in [-0.2, 0) is 9.53 Å². The maximum absolute atomic E-state index is 13.3. The largest absolute Gasteiger partial charge is 0.506 e. The third-order valence-electron chi connectivity index (χ3n) is 11.9. The highest BCUT2D eigenvalue weighted by atomic mass is 16.6. The van der Waals surface area contributed by atoms with Crippen molar-refractivity contribution in [2.45, 2.75) is 63.2 Å². The standard InChI is InChI=1S/C44H55N5O7/c1-48(22-6-21-45-26-38(51)35-15-17-37(50)42-36(35)16-18-40(52)46-42)43(53)32-13-11-29(12-14-32)28-55-34-10-5-9-33(25-34)41(31-7-3-2-4-8-31)47-44(54)56-39-27-49-23-19-30(39)20-24-49/h2-5,7-10,15-18,25,29-30,32,38-39,41,45,50-51H,6,11-14,19-24,26-28H2,1H3,(H,46,52)(H,47,54)/t29?,32?,38-,39+,41?/m1/s1. The van der Waals surface area contributed by atoms with Gasteiger partial charge in [0.2, 0.25) is 11.5 Å². The number of phenols is 1. The van der Waals surface area contributed by atoms with E-state index in [0.717, 1.165) is 81.5 Å². The number of aliphatic hydroxyl groups is 1. The van der Waals surface area contributed by atoms with Crippen LogP contribution in [0.3, 0.4) is 0 Å². The van der Waals surface area contributed by atoms with E-state index in [0.29, 0.717) is 54.5 Å². The molecule has 56 heavy (non-hydrogen) atoms. The van der Waals surface area contributed by atoms with Crippen molar-refractivity contribution in [2.24, 2.45) is 17.8 Å². The van der Waals surface area contributed by atoms with E-state index in [4.69, 9.17) is 9.47 Å². The van der Waals surface area contributed by atoms with Crippen LogP contribution in [0.4, 0.5) is 4.79 Å². The molecular formula is C44H55N5O7. The summed E-state index contributed by atoms with van der Waals surface area (Å²) >= 11 is 0. The van der Waals surface area contributed by atoms with Crippen LogP contribution in [0.5, 0.6) is 11.5 Å². The molecule has 2 bridgehead atoms. The molecule has 4 fully saturated rings. The molecule has 0 spiro atoms. The minimum atomic E-state index is -0.829. The Labute approximate surface area is 328 Å². The molecule has 298 valence electrons. The minimum absolute atomic E-state index is 0.00186. The molecule has 1 aromatic heterocycles. The number of piperidine rings is 3. The van der Waals surface area contributed by atoms with Gasteiger partial charge in [-0.3, -0.25) is 14.5 Å². The number of benzene rings is 3. The van der Waals surface area contributed by atoms with E-state index < -0.39 is 12.2 Å². The Morgan fingerprint density at radius 1 is 0.946 bits per heavy atom. The molecule has 12 nitrogen and oxygen atoms in total. The number of hydrogen-bond acceptors (Lipinski definition) is 9. The molecule has 3 saturated heterocycles. The first-order valence-electron chi connectivity index (χ1n) is 20.2. The highest BCUT2D eigenvalue weighted by molar-refractivity contribution is 5.87. The normalized spacial score (nSPS) is 22.9. The van der Waals surface area contributed by atoms with Gasteiger partial charge in [-0.15, -0.1) is 0 Å². The number of H-pyrrole nitrogens is 1. The van der Waals surface area contributed by atoms with Crippen molar-refractivity contribution in [3.63, 3.8) is 0 Å². The Balaban J connectivity index is 0.836. The molecule has 3 aromatic carbocycles. The summed E-state index contributed by atoms with van der Waals surface area (Å²) < 4.78 is 12.3. The lowest BCUT2D eigenvalue weighted by atomic mass is 9.81. The number of nitrogens with one attached hydrogen (secondary N) is 3. The van der Waals surface area contributed by atoms with Crippen molar-refractivity contribution in [3.8, 4) is 11.5 Å². The van der Waals surface area contributed by atoms with Gasteiger partial charge < -0.3 is 40.2 Å². The van der Waals surface area contributed by atoms with Gasteiger partial charge >= 0.3 is 6.09 Å². The predicted molar refractivity (Wildman–Crippen MR) is 215 cm³/mol. The lowest BCUT2D eigenvalue weighted by Gasteiger charge is -2.43. The first-order chi connectivity index (χ1) is 27.2. The molecule has 4 heterocycles. The number of alkyl carbamates (subject to hydrolysis) is 1. The van der Waals surface area contributed by atoms with Gasteiger partial charge in [-0.1, -0.05) is 48.5 Å². The average molecular weight is 766 g/mol. The maximum Gasteiger partial charge on any atom is 0.408 e. The van der Waals surface area contributed by atoms with Gasteiger partial charge in [0.25, 0.3) is 0 Å². The monoisotopic (exact) mass is 765 g/mol. The quantitative estimate of drug-likeness (QED) is 0.0987. The average Bonchev–Trinajstić information content (AvgIpc) is 3.23. The van der Waals surface area contributed by atoms with Crippen LogP contribution in [0, 0.1) is 17.8 Å². The van der Waals surface area contributed by atoms with Crippen molar-refractivity contribution in [3.05, 3.63) is 106 Å². The second kappa shape index (κ2) is 18.4. The Bertz CT molecular complexity index is 1990. The van der Waals surface area contributed by atoms with E-state index in [1.807, 2.05) is 66.5 Å². The summed E-state index contributed by atoms with van der Waals surface area (Å²) in [6, 6.07) is 23.6. The number of aromatic amines is 1. The van der Waals surface area contributed by atoms with E-state index in [9.17, 15) is 24.6 Å². The molecule has 12 heteroatoms. The van der Waals surface area contributed by atoms with Crippen LogP contribution >= 0.6 is 0 Å². The molecule has 5 N–H and O–H groups in total. The van der Waals surface area contributed by atoms with Gasteiger partial charge in [0.15, 0.2) is 0 Å². The van der Waals surface area contributed by atoms with E-state index in [2.05, 4.69) is 20.5 Å². The molecule has 3 atom stereocenters. The molecule has 3 aliphatic heterocycles. The van der Waals surface area contributed by atoms with Gasteiger partial charge in [0.05, 0.1) is 24.3 Å². The number of aromatic nitrogens is 1. The molecule has 1 unspecified atom stereocenters. The number of carbonyl (C=O) groups is 2. The van der Waals surface area contributed by atoms with E-state index in [1.165, 1.54) is 12.1 Å². The fourth-order valence-corrected chi connectivity index (χ4v) is 8.67. The molecule has 8 rings (SSSR count). The number of pyridine rings is 1. The third-order valence-corrected chi connectivity index (χ3v) is 11.9. The van der Waals surface area contributed by atoms with Gasteiger partial charge in [-0.05, 0) is 117 Å². The molecule has 1 saturated carbocycles. The van der Waals surface area contributed by atoms with Crippen LogP contribution in [0.2, 0.25) is 0 Å². The maximum atomic E-state index is 13.3. The second-order valence-corrected chi connectivity index (χ2v) is 15.8. The van der Waals surface area contributed by atoms with Crippen LogP contribution in [0.25, 0.3) is 10.9 Å². The minimum Gasteiger partial charge on any atom is -0.506 e. The number of fused-ring (bicyclic) bond motifs is 4. The molecule has 4 aliphatic rings. The molecular weight excluding hydrogens is 711 g/mol. The fourth-order valence-electron chi connectivity index (χ4n) is 8.67. The second-order valence-electron chi connectivity index (χ2n) is 15.8. The highest BCUT2D eigenvalue weighted by Gasteiger charge is 2.37. The van der Waals surface area contributed by atoms with Crippen molar-refractivity contribution < 1.29 is 29.3 Å². The number of aromatic hydroxyl groups is 1. The molecule has 0 radical (unpaired) electrons. The summed E-state index contributed by atoms with van der Waals surface area (Å²) in [7, 11) is 1.86. The van der Waals surface area contributed by atoms with Crippen molar-refractivity contribution in [1.29, 1.82) is 0 Å². The summed E-state index contributed by atoms with van der Waals surface area (Å²) in [5.74, 6) is 1.68. The van der Waals surface area contributed by atoms with Crippen LogP contribution in [0.1, 0.15) is 73.8 Å². The summed E-state index contributed by atoms with van der Waals surface area (Å²) in [4.78, 5) is 45.1. The Morgan fingerprint density at radius 2 is 1.71 bits per heavy atom. The number of aliphatic hydroxyl groups excluding tert-OH is 1. The Kier molecular flexibility index (Phi) is 12.9. The number of hydrogen-bond donors (Lipinski definition) is 5. The molecule has 2 amide bonds. The number of amides is 2. The lowest BCUT2D eigenvalue weighted by Crippen LogP contribution is -2.52. The zero-order chi connectivity index (χ0) is 39.0. The highest BCUT2D eigenvalue weighted by Crippen LogP contribution is 2.33. The number of ether oxygens (including phenoxy) is 2. The Hall–Kier alpha value is -4.91. The smallest absolute Gasteiger partial charge is 0.408 e. The summed E-state index contributed by atoms with van der Waals surface area (Å²) in [6.07, 6.45) is 5.10. The van der Waals surface area contributed by atoms with Gasteiger partial charge in [0.1, 0.15) is 17.6 Å². The van der Waals surface area contributed by atoms with Gasteiger partial charge in [0, 0.05) is 44.1 Å². The number of nitrogens with zero attached hydrogens (tertiary/aromatic N) is 2. The SMILES string of the molecule is CN(CCCNC[C@@H](O)c1ccc(O)c2[nH]c(=O)ccc12)C(=O)C1CCC(COc2cccc(C(NC(=O)O[C@H]3CN4CCC3CC4)c3ccccc3)c2)CC1. The van der Waals surface area contributed by atoms with E-state index in [-0.39, 0.29) is 35.3 Å². The number of phenolic OH excluding ortho intramolecular Hbond substituents is 1. The van der Waals surface area contributed by atoms with Gasteiger partial charge in [-0.25, -0.2) is 4.79 Å². The fraction of sp³-hybridized carbons (Fsp3) is 0.477. The zero-order valence-corrected chi connectivity index (χ0v) is 32.2. The summed E-state index contributed by atoms with van der Waals surface area (Å²) in [6.45, 7) is 5.09. The summed E-state index contributed by atoms with van der Waals surface area (Å²) in [5, 5.41) is 27.9. The van der Waals surface area contributed by atoms with Crippen LogP contribution < -0.4 is 20.9 Å².